The largest absolute Gasteiger partial charge is 0.468 e. The Kier molecular flexibility index (Phi) is 5.76. The van der Waals surface area contributed by atoms with Crippen LogP contribution in [0.15, 0.2) is 42.5 Å². The molecule has 1 aromatic heterocycles. The molecule has 2 heterocycles. The van der Waals surface area contributed by atoms with Crippen molar-refractivity contribution in [1.82, 2.24) is 9.47 Å². The Morgan fingerprint density at radius 2 is 1.68 bits per heavy atom. The third kappa shape index (κ3) is 4.04. The van der Waals surface area contributed by atoms with Crippen LogP contribution in [0, 0.1) is 18.6 Å². The number of nitrogens with zero attached hydrogens (tertiary/aromatic N) is 2. The Hall–Kier alpha value is -3.22. The highest BCUT2D eigenvalue weighted by atomic mass is 19.1. The number of hydrogen-bond acceptors (Lipinski definition) is 3. The van der Waals surface area contributed by atoms with Crippen molar-refractivity contribution < 1.29 is 23.1 Å². The fourth-order valence-electron chi connectivity index (χ4n) is 4.54. The molecule has 1 saturated heterocycles. The summed E-state index contributed by atoms with van der Waals surface area (Å²) >= 11 is 0. The molecule has 3 aromatic rings. The van der Waals surface area contributed by atoms with Crippen molar-refractivity contribution >= 4 is 22.8 Å². The first-order chi connectivity index (χ1) is 14.9. The van der Waals surface area contributed by atoms with Crippen molar-refractivity contribution in [3.8, 4) is 0 Å². The third-order valence-corrected chi connectivity index (χ3v) is 6.13. The van der Waals surface area contributed by atoms with Crippen molar-refractivity contribution in [1.29, 1.82) is 0 Å². The summed E-state index contributed by atoms with van der Waals surface area (Å²) < 4.78 is 33.9. The van der Waals surface area contributed by atoms with E-state index in [0.717, 1.165) is 35.0 Å². The topological polar surface area (TPSA) is 51.5 Å². The number of likely N-dealkylation sites (tertiary alicyclic amines) is 1. The maximum Gasteiger partial charge on any atom is 0.325 e. The van der Waals surface area contributed by atoms with Gasteiger partial charge < -0.3 is 14.2 Å². The molecule has 1 amide bonds. The zero-order valence-corrected chi connectivity index (χ0v) is 17.5. The Bertz CT molecular complexity index is 1130. The smallest absolute Gasteiger partial charge is 0.325 e. The van der Waals surface area contributed by atoms with Crippen molar-refractivity contribution in [3.05, 3.63) is 70.9 Å². The number of ether oxygens (including phenoxy) is 1. The average Bonchev–Trinajstić information content (AvgIpc) is 3.04. The van der Waals surface area contributed by atoms with Gasteiger partial charge in [-0.25, -0.2) is 8.78 Å². The Labute approximate surface area is 179 Å². The molecule has 162 valence electrons. The molecular weight excluding hydrogens is 402 g/mol. The first kappa shape index (κ1) is 21.0. The second-order valence-corrected chi connectivity index (χ2v) is 7.90. The monoisotopic (exact) mass is 426 g/mol. The second kappa shape index (κ2) is 8.49. The summed E-state index contributed by atoms with van der Waals surface area (Å²) in [5.41, 5.74) is 3.19. The SMILES string of the molecule is COC(=O)Cn1c(C)c(C2CCN(C(=O)c3ccc(F)cc3)CC2)c2cc(F)ccc21. The lowest BCUT2D eigenvalue weighted by atomic mass is 9.87. The second-order valence-electron chi connectivity index (χ2n) is 7.90. The van der Waals surface area contributed by atoms with Crippen LogP contribution in [0.4, 0.5) is 8.78 Å². The molecular formula is C24H24F2N2O3. The number of benzene rings is 2. The van der Waals surface area contributed by atoms with Crippen molar-refractivity contribution in [3.63, 3.8) is 0 Å². The minimum Gasteiger partial charge on any atom is -0.468 e. The molecule has 0 spiro atoms. The standard InChI is InChI=1S/C24H24F2N2O3/c1-15-23(20-13-19(26)7-8-21(20)28(15)14-22(29)31-2)16-9-11-27(12-10-16)24(30)17-3-5-18(25)6-4-17/h3-8,13,16H,9-12,14H2,1-2H3. The van der Waals surface area contributed by atoms with Crippen molar-refractivity contribution in [2.24, 2.45) is 0 Å². The predicted molar refractivity (Wildman–Crippen MR) is 113 cm³/mol. The number of methoxy groups -OCH3 is 1. The number of piperidine rings is 1. The molecule has 0 atom stereocenters. The molecule has 0 radical (unpaired) electrons. The van der Waals surface area contributed by atoms with Crippen LogP contribution in [0.5, 0.6) is 0 Å². The predicted octanol–water partition coefficient (Wildman–Crippen LogP) is 4.42. The van der Waals surface area contributed by atoms with Crippen LogP contribution in [0.2, 0.25) is 0 Å². The molecule has 0 unspecified atom stereocenters. The summed E-state index contributed by atoms with van der Waals surface area (Å²) in [5.74, 6) is -1.04. The first-order valence-corrected chi connectivity index (χ1v) is 10.3. The molecule has 0 saturated carbocycles. The van der Waals surface area contributed by atoms with E-state index >= 15 is 0 Å². The fraction of sp³-hybridized carbons (Fsp3) is 0.333. The molecule has 0 N–H and O–H groups in total. The third-order valence-electron chi connectivity index (χ3n) is 6.13. The van der Waals surface area contributed by atoms with E-state index in [-0.39, 0.29) is 36.0 Å². The maximum atomic E-state index is 14.1. The van der Waals surface area contributed by atoms with E-state index in [1.807, 2.05) is 11.5 Å². The first-order valence-electron chi connectivity index (χ1n) is 10.3. The number of halogens is 2. The van der Waals surface area contributed by atoms with Crippen molar-refractivity contribution in [2.45, 2.75) is 32.2 Å². The normalized spacial score (nSPS) is 14.8. The summed E-state index contributed by atoms with van der Waals surface area (Å²) in [4.78, 5) is 26.4. The number of hydrogen-bond donors (Lipinski definition) is 0. The minimum absolute atomic E-state index is 0.0619. The summed E-state index contributed by atoms with van der Waals surface area (Å²) in [6.45, 7) is 3.11. The molecule has 1 aliphatic heterocycles. The van der Waals surface area contributed by atoms with E-state index in [1.165, 1.54) is 43.5 Å². The lowest BCUT2D eigenvalue weighted by Gasteiger charge is -2.32. The fourth-order valence-corrected chi connectivity index (χ4v) is 4.54. The lowest BCUT2D eigenvalue weighted by Crippen LogP contribution is -2.38. The number of aromatic nitrogens is 1. The molecule has 0 bridgehead atoms. The minimum atomic E-state index is -0.374. The Morgan fingerprint density at radius 1 is 1.03 bits per heavy atom. The van der Waals surface area contributed by atoms with Gasteiger partial charge >= 0.3 is 5.97 Å². The van der Waals surface area contributed by atoms with Gasteiger partial charge in [-0.2, -0.15) is 0 Å². The molecule has 1 aliphatic rings. The zero-order chi connectivity index (χ0) is 22.1. The number of fused-ring (bicyclic) bond motifs is 1. The molecule has 0 aliphatic carbocycles. The summed E-state index contributed by atoms with van der Waals surface area (Å²) in [5, 5.41) is 0.796. The number of rotatable bonds is 4. The number of carbonyl (C=O) groups is 2. The van der Waals surface area contributed by atoms with E-state index in [9.17, 15) is 18.4 Å². The maximum absolute atomic E-state index is 14.1. The highest BCUT2D eigenvalue weighted by molar-refractivity contribution is 5.94. The molecule has 4 rings (SSSR count). The van der Waals surface area contributed by atoms with Gasteiger partial charge in [0, 0.05) is 35.2 Å². The van der Waals surface area contributed by atoms with Gasteiger partial charge in [0.15, 0.2) is 0 Å². The van der Waals surface area contributed by atoms with Gasteiger partial charge in [0.1, 0.15) is 18.2 Å². The summed E-state index contributed by atoms with van der Waals surface area (Å²) in [6.07, 6.45) is 1.45. The van der Waals surface area contributed by atoms with E-state index in [2.05, 4.69) is 0 Å². The van der Waals surface area contributed by atoms with Crippen LogP contribution in [0.25, 0.3) is 10.9 Å². The van der Waals surface area contributed by atoms with E-state index < -0.39 is 0 Å². The van der Waals surface area contributed by atoms with E-state index in [4.69, 9.17) is 4.74 Å². The van der Waals surface area contributed by atoms with Gasteiger partial charge in [-0.1, -0.05) is 0 Å². The molecule has 31 heavy (non-hydrogen) atoms. The summed E-state index contributed by atoms with van der Waals surface area (Å²) in [6, 6.07) is 10.2. The highest BCUT2D eigenvalue weighted by Crippen LogP contribution is 2.38. The summed E-state index contributed by atoms with van der Waals surface area (Å²) in [7, 11) is 1.35. The Morgan fingerprint density at radius 3 is 2.32 bits per heavy atom. The van der Waals surface area contributed by atoms with Crippen LogP contribution in [-0.2, 0) is 16.1 Å². The van der Waals surface area contributed by atoms with Crippen LogP contribution in [-0.4, -0.2) is 41.5 Å². The van der Waals surface area contributed by atoms with Gasteiger partial charge in [0.05, 0.1) is 7.11 Å². The zero-order valence-electron chi connectivity index (χ0n) is 17.5. The highest BCUT2D eigenvalue weighted by Gasteiger charge is 2.29. The molecule has 1 fully saturated rings. The molecule has 2 aromatic carbocycles. The van der Waals surface area contributed by atoms with Crippen LogP contribution in [0.1, 0.15) is 40.4 Å². The number of amides is 1. The van der Waals surface area contributed by atoms with Gasteiger partial charge in [-0.05, 0) is 73.7 Å². The molecule has 5 nitrogen and oxygen atoms in total. The molecule has 7 heteroatoms. The number of esters is 1. The quantitative estimate of drug-likeness (QED) is 0.581. The van der Waals surface area contributed by atoms with Gasteiger partial charge in [0.25, 0.3) is 5.91 Å². The van der Waals surface area contributed by atoms with Crippen LogP contribution >= 0.6 is 0 Å². The van der Waals surface area contributed by atoms with Crippen molar-refractivity contribution in [2.75, 3.05) is 20.2 Å². The Balaban J connectivity index is 1.59. The van der Waals surface area contributed by atoms with E-state index in [0.29, 0.717) is 18.7 Å². The lowest BCUT2D eigenvalue weighted by molar-refractivity contribution is -0.141. The van der Waals surface area contributed by atoms with Crippen LogP contribution < -0.4 is 0 Å². The van der Waals surface area contributed by atoms with Crippen LogP contribution in [0.3, 0.4) is 0 Å². The average molecular weight is 426 g/mol. The number of carbonyl (C=O) groups excluding carboxylic acids is 2. The van der Waals surface area contributed by atoms with Gasteiger partial charge in [-0.3, -0.25) is 9.59 Å². The van der Waals surface area contributed by atoms with Gasteiger partial charge in [-0.15, -0.1) is 0 Å². The van der Waals surface area contributed by atoms with Gasteiger partial charge in [0.2, 0.25) is 0 Å². The van der Waals surface area contributed by atoms with E-state index in [1.54, 1.807) is 11.0 Å².